The van der Waals surface area contributed by atoms with Crippen LogP contribution in [0.3, 0.4) is 0 Å². The summed E-state index contributed by atoms with van der Waals surface area (Å²) in [7, 11) is 0. The molecule has 0 bridgehead atoms. The van der Waals surface area contributed by atoms with Crippen LogP contribution in [0.5, 0.6) is 0 Å². The van der Waals surface area contributed by atoms with E-state index in [0.717, 1.165) is 0 Å². The zero-order valence-electron chi connectivity index (χ0n) is 16.6. The van der Waals surface area contributed by atoms with Gasteiger partial charge >= 0.3 is 0 Å². The van der Waals surface area contributed by atoms with E-state index in [4.69, 9.17) is 5.73 Å². The predicted octanol–water partition coefficient (Wildman–Crippen LogP) is 1.96. The van der Waals surface area contributed by atoms with Crippen LogP contribution in [0.15, 0.2) is 0 Å². The number of hydrogen-bond donors (Lipinski definition) is 3. The van der Waals surface area contributed by atoms with Crippen LogP contribution in [-0.4, -0.2) is 50.2 Å². The molecule has 4 N–H and O–H groups in total. The number of primary amides is 1. The average molecular weight is 357 g/mol. The molecule has 1 saturated carbocycles. The maximum Gasteiger partial charge on any atom is 0.238 e. The third kappa shape index (κ3) is 3.70. The van der Waals surface area contributed by atoms with Crippen LogP contribution in [0, 0.1) is 5.41 Å². The van der Waals surface area contributed by atoms with Gasteiger partial charge in [0.25, 0.3) is 0 Å². The standard InChI is InChI=1S/C19H36N2O4/c1-7-18(24,8-2)13(5)21(14(6)19(25,9-3)10-4)16(23)17(11-12-17)15(20)22/h13-14,24-25H,7-12H2,1-6H3,(H2,20,22)/t13-,14-/m1/s1. The Morgan fingerprint density at radius 3 is 1.48 bits per heavy atom. The van der Waals surface area contributed by atoms with Gasteiger partial charge in [-0.15, -0.1) is 0 Å². The Hall–Kier alpha value is -1.14. The molecular formula is C19H36N2O4. The Balaban J connectivity index is 3.37. The Kier molecular flexibility index (Phi) is 6.68. The minimum atomic E-state index is -1.17. The van der Waals surface area contributed by atoms with Crippen molar-refractivity contribution in [2.45, 2.75) is 103 Å². The highest BCUT2D eigenvalue weighted by Crippen LogP contribution is 2.49. The van der Waals surface area contributed by atoms with Gasteiger partial charge in [-0.05, 0) is 52.4 Å². The second kappa shape index (κ2) is 7.62. The fourth-order valence-corrected chi connectivity index (χ4v) is 3.82. The van der Waals surface area contributed by atoms with Gasteiger partial charge in [0, 0.05) is 0 Å². The van der Waals surface area contributed by atoms with Crippen molar-refractivity contribution in [2.24, 2.45) is 11.1 Å². The van der Waals surface area contributed by atoms with E-state index in [1.54, 1.807) is 13.8 Å². The first-order valence-electron chi connectivity index (χ1n) is 9.57. The molecule has 0 heterocycles. The summed E-state index contributed by atoms with van der Waals surface area (Å²) in [5, 5.41) is 22.0. The van der Waals surface area contributed by atoms with Crippen molar-refractivity contribution in [3.8, 4) is 0 Å². The Morgan fingerprint density at radius 2 is 1.28 bits per heavy atom. The maximum atomic E-state index is 13.3. The molecule has 1 rings (SSSR count). The summed E-state index contributed by atoms with van der Waals surface area (Å²) in [5.74, 6) is -0.976. The van der Waals surface area contributed by atoms with Crippen LogP contribution in [0.25, 0.3) is 0 Å². The molecule has 0 unspecified atom stereocenters. The van der Waals surface area contributed by atoms with E-state index in [1.807, 2.05) is 27.7 Å². The number of carbonyl (C=O) groups excluding carboxylic acids is 2. The fourth-order valence-electron chi connectivity index (χ4n) is 3.82. The Labute approximate surface area is 151 Å². The van der Waals surface area contributed by atoms with Gasteiger partial charge in [-0.25, -0.2) is 0 Å². The lowest BCUT2D eigenvalue weighted by atomic mass is 9.82. The number of amides is 2. The molecule has 25 heavy (non-hydrogen) atoms. The molecule has 6 nitrogen and oxygen atoms in total. The molecule has 2 amide bonds. The lowest BCUT2D eigenvalue weighted by Crippen LogP contribution is -2.63. The molecule has 1 fully saturated rings. The largest absolute Gasteiger partial charge is 0.388 e. The Morgan fingerprint density at radius 1 is 0.960 bits per heavy atom. The van der Waals surface area contributed by atoms with E-state index in [-0.39, 0.29) is 5.91 Å². The van der Waals surface area contributed by atoms with Gasteiger partial charge in [-0.2, -0.15) is 0 Å². The van der Waals surface area contributed by atoms with Crippen LogP contribution in [0.4, 0.5) is 0 Å². The summed E-state index contributed by atoms with van der Waals surface area (Å²) >= 11 is 0. The molecule has 0 aromatic carbocycles. The zero-order chi connectivity index (χ0) is 19.6. The smallest absolute Gasteiger partial charge is 0.238 e. The zero-order valence-corrected chi connectivity index (χ0v) is 16.6. The second-order valence-electron chi connectivity index (χ2n) is 7.63. The first-order chi connectivity index (χ1) is 11.5. The van der Waals surface area contributed by atoms with Crippen LogP contribution in [0.1, 0.15) is 80.1 Å². The van der Waals surface area contributed by atoms with Crippen molar-refractivity contribution in [3.63, 3.8) is 0 Å². The quantitative estimate of drug-likeness (QED) is 0.520. The monoisotopic (exact) mass is 356 g/mol. The van der Waals surface area contributed by atoms with Gasteiger partial charge in [0.05, 0.1) is 23.3 Å². The van der Waals surface area contributed by atoms with Crippen molar-refractivity contribution in [1.29, 1.82) is 0 Å². The summed E-state index contributed by atoms with van der Waals surface area (Å²) in [6, 6.07) is -1.07. The van der Waals surface area contributed by atoms with E-state index in [0.29, 0.717) is 38.5 Å². The van der Waals surface area contributed by atoms with Crippen molar-refractivity contribution in [2.75, 3.05) is 0 Å². The summed E-state index contributed by atoms with van der Waals surface area (Å²) in [6.07, 6.45) is 2.76. The van der Waals surface area contributed by atoms with E-state index in [1.165, 1.54) is 4.90 Å². The fraction of sp³-hybridized carbons (Fsp3) is 0.895. The molecule has 0 saturated heterocycles. The van der Waals surface area contributed by atoms with Crippen molar-refractivity contribution in [3.05, 3.63) is 0 Å². The van der Waals surface area contributed by atoms with E-state index in [9.17, 15) is 19.8 Å². The highest BCUT2D eigenvalue weighted by Gasteiger charge is 2.60. The first kappa shape index (κ1) is 21.9. The molecule has 1 aliphatic carbocycles. The molecule has 0 aliphatic heterocycles. The number of nitrogens with zero attached hydrogens (tertiary/aromatic N) is 1. The number of hydrogen-bond acceptors (Lipinski definition) is 4. The minimum absolute atomic E-state index is 0.361. The lowest BCUT2D eigenvalue weighted by molar-refractivity contribution is -0.163. The van der Waals surface area contributed by atoms with Crippen LogP contribution < -0.4 is 5.73 Å². The third-order valence-corrected chi connectivity index (χ3v) is 6.70. The highest BCUT2D eigenvalue weighted by molar-refractivity contribution is 6.07. The molecule has 6 heteroatoms. The summed E-state index contributed by atoms with van der Waals surface area (Å²) in [5.41, 5.74) is 2.17. The maximum absolute atomic E-state index is 13.3. The summed E-state index contributed by atoms with van der Waals surface area (Å²) in [6.45, 7) is 11.1. The molecular weight excluding hydrogens is 320 g/mol. The molecule has 0 aromatic rings. The van der Waals surface area contributed by atoms with Gasteiger partial charge in [0.15, 0.2) is 0 Å². The van der Waals surface area contributed by atoms with Gasteiger partial charge in [-0.1, -0.05) is 27.7 Å². The van der Waals surface area contributed by atoms with Gasteiger partial charge in [0.1, 0.15) is 5.41 Å². The highest BCUT2D eigenvalue weighted by atomic mass is 16.3. The number of carbonyl (C=O) groups is 2. The summed E-state index contributed by atoms with van der Waals surface area (Å²) in [4.78, 5) is 26.8. The van der Waals surface area contributed by atoms with E-state index < -0.39 is 34.6 Å². The topological polar surface area (TPSA) is 104 Å². The number of aliphatic hydroxyl groups is 2. The number of rotatable bonds is 10. The molecule has 1 aliphatic rings. The normalized spacial score (nSPS) is 19.2. The lowest BCUT2D eigenvalue weighted by Gasteiger charge is -2.48. The van der Waals surface area contributed by atoms with Gasteiger partial charge in [-0.3, -0.25) is 9.59 Å². The molecule has 0 aromatic heterocycles. The SMILES string of the molecule is CCC(O)(CC)[C@@H](C)N(C(=O)C1(C(N)=O)CC1)[C@H](C)C(O)(CC)CC. The van der Waals surface area contributed by atoms with Gasteiger partial charge < -0.3 is 20.8 Å². The first-order valence-corrected chi connectivity index (χ1v) is 9.57. The van der Waals surface area contributed by atoms with Crippen LogP contribution in [0.2, 0.25) is 0 Å². The summed E-state index contributed by atoms with van der Waals surface area (Å²) < 4.78 is 0. The van der Waals surface area contributed by atoms with Crippen molar-refractivity contribution in [1.82, 2.24) is 4.90 Å². The molecule has 0 spiro atoms. The van der Waals surface area contributed by atoms with Crippen molar-refractivity contribution >= 4 is 11.8 Å². The molecule has 0 radical (unpaired) electrons. The van der Waals surface area contributed by atoms with Gasteiger partial charge in [0.2, 0.25) is 11.8 Å². The number of nitrogens with two attached hydrogens (primary N) is 1. The van der Waals surface area contributed by atoms with E-state index in [2.05, 4.69) is 0 Å². The predicted molar refractivity (Wildman–Crippen MR) is 97.7 cm³/mol. The van der Waals surface area contributed by atoms with Crippen LogP contribution >= 0.6 is 0 Å². The third-order valence-electron chi connectivity index (χ3n) is 6.70. The molecule has 2 atom stereocenters. The van der Waals surface area contributed by atoms with Crippen molar-refractivity contribution < 1.29 is 19.8 Å². The molecule has 146 valence electrons. The van der Waals surface area contributed by atoms with E-state index >= 15 is 0 Å². The second-order valence-corrected chi connectivity index (χ2v) is 7.63. The van der Waals surface area contributed by atoms with Crippen LogP contribution in [-0.2, 0) is 9.59 Å². The average Bonchev–Trinajstić information content (AvgIpc) is 3.42. The minimum Gasteiger partial charge on any atom is -0.388 e. The Bertz CT molecular complexity index is 470.